The molecule has 1 saturated carbocycles. The lowest BCUT2D eigenvalue weighted by atomic mass is 9.78. The number of hydrogen-bond donors (Lipinski definition) is 1. The Morgan fingerprint density at radius 2 is 2.33 bits per heavy atom. The SMILES string of the molecule is CC1(n2c(SCC(=O)O)nc3ccc(C#N)cc32)CCC1. The minimum Gasteiger partial charge on any atom is -0.481 e. The van der Waals surface area contributed by atoms with Gasteiger partial charge in [-0.05, 0) is 44.4 Å². The number of rotatable bonds is 4. The van der Waals surface area contributed by atoms with Gasteiger partial charge in [0, 0.05) is 5.54 Å². The highest BCUT2D eigenvalue weighted by Gasteiger charge is 2.37. The van der Waals surface area contributed by atoms with Crippen molar-refractivity contribution in [3.05, 3.63) is 23.8 Å². The lowest BCUT2D eigenvalue weighted by Gasteiger charge is -2.41. The Balaban J connectivity index is 2.14. The zero-order valence-corrected chi connectivity index (χ0v) is 12.5. The Morgan fingerprint density at radius 3 is 2.90 bits per heavy atom. The van der Waals surface area contributed by atoms with Gasteiger partial charge in [-0.15, -0.1) is 0 Å². The number of nitriles is 1. The van der Waals surface area contributed by atoms with E-state index in [0.29, 0.717) is 5.56 Å². The molecular weight excluding hydrogens is 286 g/mol. The van der Waals surface area contributed by atoms with Gasteiger partial charge in [0.15, 0.2) is 5.16 Å². The smallest absolute Gasteiger partial charge is 0.313 e. The molecule has 1 aromatic heterocycles. The molecule has 0 spiro atoms. The third-order valence-corrected chi connectivity index (χ3v) is 4.97. The molecule has 0 amide bonds. The molecule has 0 unspecified atom stereocenters. The molecule has 2 aromatic rings. The van der Waals surface area contributed by atoms with Crippen LogP contribution in [0.15, 0.2) is 23.4 Å². The largest absolute Gasteiger partial charge is 0.481 e. The highest BCUT2D eigenvalue weighted by molar-refractivity contribution is 7.99. The van der Waals surface area contributed by atoms with E-state index >= 15 is 0 Å². The van der Waals surface area contributed by atoms with E-state index in [1.165, 1.54) is 11.8 Å². The van der Waals surface area contributed by atoms with Crippen molar-refractivity contribution in [3.63, 3.8) is 0 Å². The van der Waals surface area contributed by atoms with E-state index in [2.05, 4.69) is 22.5 Å². The average molecular weight is 301 g/mol. The predicted molar refractivity (Wildman–Crippen MR) is 80.3 cm³/mol. The molecule has 0 bridgehead atoms. The standard InChI is InChI=1S/C15H15N3O2S/c1-15(5-2-6-15)18-12-7-10(8-16)3-4-11(12)17-14(18)21-9-13(19)20/h3-4,7H,2,5-6,9H2,1H3,(H,19,20). The highest BCUT2D eigenvalue weighted by atomic mass is 32.2. The third-order valence-electron chi connectivity index (χ3n) is 4.05. The molecule has 0 saturated heterocycles. The van der Waals surface area contributed by atoms with E-state index in [9.17, 15) is 4.79 Å². The summed E-state index contributed by atoms with van der Waals surface area (Å²) < 4.78 is 2.13. The fourth-order valence-electron chi connectivity index (χ4n) is 2.78. The first-order valence-corrected chi connectivity index (χ1v) is 7.80. The molecular formula is C15H15N3O2S. The molecule has 5 nitrogen and oxygen atoms in total. The zero-order chi connectivity index (χ0) is 15.0. The van der Waals surface area contributed by atoms with Gasteiger partial charge in [-0.25, -0.2) is 4.98 Å². The summed E-state index contributed by atoms with van der Waals surface area (Å²) in [5.41, 5.74) is 2.31. The number of nitrogens with zero attached hydrogens (tertiary/aromatic N) is 3. The fourth-order valence-corrected chi connectivity index (χ4v) is 3.64. The molecule has 108 valence electrons. The zero-order valence-electron chi connectivity index (χ0n) is 11.7. The van der Waals surface area contributed by atoms with Crippen molar-refractivity contribution in [3.8, 4) is 6.07 Å². The number of fused-ring (bicyclic) bond motifs is 1. The van der Waals surface area contributed by atoms with Gasteiger partial charge in [-0.3, -0.25) is 4.79 Å². The maximum absolute atomic E-state index is 10.8. The maximum atomic E-state index is 10.8. The molecule has 3 rings (SSSR count). The molecule has 6 heteroatoms. The summed E-state index contributed by atoms with van der Waals surface area (Å²) in [6.45, 7) is 2.17. The number of benzene rings is 1. The third kappa shape index (κ3) is 2.38. The molecule has 1 heterocycles. The number of aliphatic carboxylic acids is 1. The lowest BCUT2D eigenvalue weighted by Crippen LogP contribution is -2.37. The average Bonchev–Trinajstić information content (AvgIpc) is 2.80. The van der Waals surface area contributed by atoms with Crippen LogP contribution in [0.25, 0.3) is 11.0 Å². The Hall–Kier alpha value is -2.00. The van der Waals surface area contributed by atoms with Crippen LogP contribution in [-0.4, -0.2) is 26.4 Å². The Bertz CT molecular complexity index is 756. The van der Waals surface area contributed by atoms with Gasteiger partial charge >= 0.3 is 5.97 Å². The Labute approximate surface area is 126 Å². The number of imidazole rings is 1. The monoisotopic (exact) mass is 301 g/mol. The van der Waals surface area contributed by atoms with Gasteiger partial charge in [0.1, 0.15) is 0 Å². The minimum atomic E-state index is -0.852. The van der Waals surface area contributed by atoms with Crippen LogP contribution in [-0.2, 0) is 10.3 Å². The van der Waals surface area contributed by atoms with E-state index in [4.69, 9.17) is 10.4 Å². The number of carboxylic acid groups (broad SMARTS) is 1. The fraction of sp³-hybridized carbons (Fsp3) is 0.400. The predicted octanol–water partition coefficient (Wildman–Crippen LogP) is 2.98. The highest BCUT2D eigenvalue weighted by Crippen LogP contribution is 2.43. The summed E-state index contributed by atoms with van der Waals surface area (Å²) in [6.07, 6.45) is 3.27. The number of hydrogen-bond acceptors (Lipinski definition) is 4. The van der Waals surface area contributed by atoms with Crippen LogP contribution in [0, 0.1) is 11.3 Å². The van der Waals surface area contributed by atoms with Crippen LogP contribution < -0.4 is 0 Å². The molecule has 0 atom stereocenters. The van der Waals surface area contributed by atoms with Crippen molar-refractivity contribution >= 4 is 28.8 Å². The van der Waals surface area contributed by atoms with Gasteiger partial charge in [0.2, 0.25) is 0 Å². The first kappa shape index (κ1) is 14.0. The molecule has 0 aliphatic heterocycles. The second-order valence-corrected chi connectivity index (χ2v) is 6.52. The van der Waals surface area contributed by atoms with Gasteiger partial charge in [-0.1, -0.05) is 11.8 Å². The summed E-state index contributed by atoms with van der Waals surface area (Å²) in [5.74, 6) is -0.861. The second-order valence-electron chi connectivity index (χ2n) is 5.58. The van der Waals surface area contributed by atoms with Crippen molar-refractivity contribution in [1.82, 2.24) is 9.55 Å². The van der Waals surface area contributed by atoms with E-state index in [0.717, 1.165) is 35.5 Å². The molecule has 1 aliphatic carbocycles. The molecule has 1 aromatic carbocycles. The number of carboxylic acids is 1. The summed E-state index contributed by atoms with van der Waals surface area (Å²) in [5, 5.41) is 18.7. The van der Waals surface area contributed by atoms with E-state index in [-0.39, 0.29) is 11.3 Å². The van der Waals surface area contributed by atoms with Crippen LogP contribution >= 0.6 is 11.8 Å². The van der Waals surface area contributed by atoms with Crippen LogP contribution in [0.1, 0.15) is 31.7 Å². The summed E-state index contributed by atoms with van der Waals surface area (Å²) in [7, 11) is 0. The summed E-state index contributed by atoms with van der Waals surface area (Å²) >= 11 is 1.24. The van der Waals surface area contributed by atoms with Gasteiger partial charge in [-0.2, -0.15) is 5.26 Å². The minimum absolute atomic E-state index is 0.00942. The van der Waals surface area contributed by atoms with Crippen LogP contribution in [0.5, 0.6) is 0 Å². The van der Waals surface area contributed by atoms with Gasteiger partial charge in [0.25, 0.3) is 0 Å². The first-order valence-electron chi connectivity index (χ1n) is 6.81. The molecule has 21 heavy (non-hydrogen) atoms. The molecule has 0 radical (unpaired) electrons. The topological polar surface area (TPSA) is 78.9 Å². The number of thioether (sulfide) groups is 1. The normalized spacial score (nSPS) is 16.4. The van der Waals surface area contributed by atoms with Crippen LogP contribution in [0.2, 0.25) is 0 Å². The lowest BCUT2D eigenvalue weighted by molar-refractivity contribution is -0.133. The van der Waals surface area contributed by atoms with E-state index in [1.807, 2.05) is 12.1 Å². The van der Waals surface area contributed by atoms with Crippen LogP contribution in [0.3, 0.4) is 0 Å². The van der Waals surface area contributed by atoms with E-state index < -0.39 is 5.97 Å². The molecule has 1 N–H and O–H groups in total. The van der Waals surface area contributed by atoms with Gasteiger partial charge < -0.3 is 9.67 Å². The summed E-state index contributed by atoms with van der Waals surface area (Å²) in [4.78, 5) is 15.4. The Kier molecular flexibility index (Phi) is 3.38. The number of aromatic nitrogens is 2. The number of carbonyl (C=O) groups is 1. The van der Waals surface area contributed by atoms with Crippen LogP contribution in [0.4, 0.5) is 0 Å². The molecule has 1 aliphatic rings. The Morgan fingerprint density at radius 1 is 1.57 bits per heavy atom. The summed E-state index contributed by atoms with van der Waals surface area (Å²) in [6, 6.07) is 7.57. The van der Waals surface area contributed by atoms with Gasteiger partial charge in [0.05, 0.1) is 28.4 Å². The van der Waals surface area contributed by atoms with Crippen molar-refractivity contribution in [1.29, 1.82) is 5.26 Å². The quantitative estimate of drug-likeness (QED) is 0.878. The van der Waals surface area contributed by atoms with E-state index in [1.54, 1.807) is 6.07 Å². The van der Waals surface area contributed by atoms with Crippen molar-refractivity contribution in [2.75, 3.05) is 5.75 Å². The first-order chi connectivity index (χ1) is 10.0. The van der Waals surface area contributed by atoms with Crippen molar-refractivity contribution in [2.45, 2.75) is 36.9 Å². The second kappa shape index (κ2) is 5.08. The van der Waals surface area contributed by atoms with Crippen molar-refractivity contribution < 1.29 is 9.90 Å². The van der Waals surface area contributed by atoms with Crippen molar-refractivity contribution in [2.24, 2.45) is 0 Å². The maximum Gasteiger partial charge on any atom is 0.313 e. The molecule has 1 fully saturated rings.